The van der Waals surface area contributed by atoms with Gasteiger partial charge in [0.2, 0.25) is 0 Å². The Bertz CT molecular complexity index is 987. The molecule has 1 amide bonds. The summed E-state index contributed by atoms with van der Waals surface area (Å²) in [6, 6.07) is 17.1. The van der Waals surface area contributed by atoms with Crippen molar-refractivity contribution in [2.24, 2.45) is 5.92 Å². The Balaban J connectivity index is 1.50. The molecule has 1 aliphatic rings. The Labute approximate surface area is 175 Å². The number of para-hydroxylation sites is 1. The van der Waals surface area contributed by atoms with Gasteiger partial charge in [-0.15, -0.1) is 0 Å². The van der Waals surface area contributed by atoms with Crippen LogP contribution >= 0.6 is 11.6 Å². The second kappa shape index (κ2) is 8.70. The van der Waals surface area contributed by atoms with Crippen LogP contribution in [0.4, 0.5) is 0 Å². The van der Waals surface area contributed by atoms with E-state index in [9.17, 15) is 4.79 Å². The van der Waals surface area contributed by atoms with Gasteiger partial charge >= 0.3 is 0 Å². The lowest BCUT2D eigenvalue weighted by atomic mass is 9.97. The van der Waals surface area contributed by atoms with Gasteiger partial charge in [0.05, 0.1) is 11.6 Å². The highest BCUT2D eigenvalue weighted by molar-refractivity contribution is 6.33. The third-order valence-electron chi connectivity index (χ3n) is 5.24. The zero-order chi connectivity index (χ0) is 20.2. The van der Waals surface area contributed by atoms with Crippen LogP contribution in [-0.4, -0.2) is 35.7 Å². The van der Waals surface area contributed by atoms with Crippen molar-refractivity contribution in [1.82, 2.24) is 10.1 Å². The Morgan fingerprint density at radius 2 is 1.97 bits per heavy atom. The largest absolute Gasteiger partial charge is 0.493 e. The molecule has 2 heterocycles. The first-order valence-electron chi connectivity index (χ1n) is 9.82. The van der Waals surface area contributed by atoms with Crippen LogP contribution < -0.4 is 4.74 Å². The maximum atomic E-state index is 13.3. The van der Waals surface area contributed by atoms with Crippen molar-refractivity contribution < 1.29 is 14.1 Å². The summed E-state index contributed by atoms with van der Waals surface area (Å²) < 4.78 is 11.3. The first-order chi connectivity index (χ1) is 14.1. The number of rotatable bonds is 5. The molecule has 4 rings (SSSR count). The number of hydrogen-bond acceptors (Lipinski definition) is 4. The van der Waals surface area contributed by atoms with E-state index in [1.807, 2.05) is 53.4 Å². The second-order valence-electron chi connectivity index (χ2n) is 7.33. The highest BCUT2D eigenvalue weighted by Crippen LogP contribution is 2.32. The molecular formula is C23H23ClN2O3. The molecule has 6 heteroatoms. The second-order valence-corrected chi connectivity index (χ2v) is 7.73. The molecule has 1 saturated heterocycles. The summed E-state index contributed by atoms with van der Waals surface area (Å²) in [6.07, 6.45) is 1.98. The number of amides is 1. The third-order valence-corrected chi connectivity index (χ3v) is 5.57. The number of halogens is 1. The van der Waals surface area contributed by atoms with Crippen LogP contribution in [0.25, 0.3) is 11.3 Å². The molecule has 150 valence electrons. The van der Waals surface area contributed by atoms with Crippen molar-refractivity contribution in [2.45, 2.75) is 19.8 Å². The number of hydrogen-bond donors (Lipinski definition) is 0. The summed E-state index contributed by atoms with van der Waals surface area (Å²) in [4.78, 5) is 15.2. The average molecular weight is 411 g/mol. The van der Waals surface area contributed by atoms with E-state index in [4.69, 9.17) is 20.9 Å². The van der Waals surface area contributed by atoms with Crippen LogP contribution in [0.5, 0.6) is 5.75 Å². The van der Waals surface area contributed by atoms with Gasteiger partial charge in [0.15, 0.2) is 0 Å². The van der Waals surface area contributed by atoms with Crippen LogP contribution in [0.2, 0.25) is 5.02 Å². The minimum Gasteiger partial charge on any atom is -0.493 e. The van der Waals surface area contributed by atoms with Crippen LogP contribution in [0.3, 0.4) is 0 Å². The number of benzene rings is 2. The fraction of sp³-hybridized carbons (Fsp3) is 0.304. The van der Waals surface area contributed by atoms with Crippen molar-refractivity contribution in [3.63, 3.8) is 0 Å². The van der Waals surface area contributed by atoms with Crippen LogP contribution in [0.15, 0.2) is 59.1 Å². The maximum absolute atomic E-state index is 13.3. The Kier molecular flexibility index (Phi) is 5.86. The summed E-state index contributed by atoms with van der Waals surface area (Å²) >= 11 is 6.33. The summed E-state index contributed by atoms with van der Waals surface area (Å²) in [5.41, 5.74) is 1.69. The van der Waals surface area contributed by atoms with Gasteiger partial charge in [0, 0.05) is 24.6 Å². The quantitative estimate of drug-likeness (QED) is 0.577. The molecule has 1 fully saturated rings. The van der Waals surface area contributed by atoms with Gasteiger partial charge in [-0.1, -0.05) is 53.2 Å². The minimum absolute atomic E-state index is 0.0666. The van der Waals surface area contributed by atoms with Crippen molar-refractivity contribution >= 4 is 17.5 Å². The Morgan fingerprint density at radius 1 is 1.21 bits per heavy atom. The molecule has 1 atom stereocenters. The maximum Gasteiger partial charge on any atom is 0.259 e. The lowest BCUT2D eigenvalue weighted by molar-refractivity contribution is 0.0632. The zero-order valence-corrected chi connectivity index (χ0v) is 17.1. The number of ether oxygens (including phenoxy) is 1. The molecule has 0 radical (unpaired) electrons. The van der Waals surface area contributed by atoms with E-state index in [0.29, 0.717) is 47.3 Å². The van der Waals surface area contributed by atoms with Crippen molar-refractivity contribution in [1.29, 1.82) is 0 Å². The molecular weight excluding hydrogens is 388 g/mol. The SMILES string of the molecule is Cc1onc(-c2ccccc2Cl)c1C(=O)N1CCCC(COc2ccccc2)C1. The van der Waals surface area contributed by atoms with E-state index in [1.165, 1.54) is 0 Å². The molecule has 1 aliphatic heterocycles. The molecule has 5 nitrogen and oxygen atoms in total. The van der Waals surface area contributed by atoms with E-state index < -0.39 is 0 Å². The molecule has 0 aliphatic carbocycles. The first kappa shape index (κ1) is 19.5. The normalized spacial score (nSPS) is 16.6. The summed E-state index contributed by atoms with van der Waals surface area (Å²) in [7, 11) is 0. The molecule has 0 N–H and O–H groups in total. The fourth-order valence-corrected chi connectivity index (χ4v) is 3.96. The smallest absolute Gasteiger partial charge is 0.259 e. The predicted octanol–water partition coefficient (Wildman–Crippen LogP) is 5.23. The highest BCUT2D eigenvalue weighted by Gasteiger charge is 2.30. The van der Waals surface area contributed by atoms with Crippen LogP contribution in [-0.2, 0) is 0 Å². The molecule has 3 aromatic rings. The number of nitrogens with zero attached hydrogens (tertiary/aromatic N) is 2. The highest BCUT2D eigenvalue weighted by atomic mass is 35.5. The third kappa shape index (κ3) is 4.30. The van der Waals surface area contributed by atoms with Crippen LogP contribution in [0.1, 0.15) is 29.0 Å². The lowest BCUT2D eigenvalue weighted by Gasteiger charge is -2.32. The number of aromatic nitrogens is 1. The molecule has 0 bridgehead atoms. The molecule has 29 heavy (non-hydrogen) atoms. The van der Waals surface area contributed by atoms with Gasteiger partial charge in [-0.2, -0.15) is 0 Å². The minimum atomic E-state index is -0.0666. The zero-order valence-electron chi connectivity index (χ0n) is 16.3. The molecule has 1 aromatic heterocycles. The van der Waals surface area contributed by atoms with Gasteiger partial charge in [0.1, 0.15) is 22.8 Å². The number of piperidine rings is 1. The Hall–Kier alpha value is -2.79. The van der Waals surface area contributed by atoms with Crippen molar-refractivity contribution in [3.8, 4) is 17.0 Å². The average Bonchev–Trinajstić information content (AvgIpc) is 3.14. The standard InChI is InChI=1S/C23H23ClN2O3/c1-16-21(22(25-29-16)19-11-5-6-12-20(19)24)23(27)26-13-7-8-17(14-26)15-28-18-9-3-2-4-10-18/h2-6,9-12,17H,7-8,13-15H2,1H3. The first-order valence-corrected chi connectivity index (χ1v) is 10.2. The lowest BCUT2D eigenvalue weighted by Crippen LogP contribution is -2.41. The van der Waals surface area contributed by atoms with E-state index in [0.717, 1.165) is 18.6 Å². The van der Waals surface area contributed by atoms with Gasteiger partial charge in [-0.25, -0.2) is 0 Å². The molecule has 0 spiro atoms. The summed E-state index contributed by atoms with van der Waals surface area (Å²) in [6.45, 7) is 3.72. The van der Waals surface area contributed by atoms with Gasteiger partial charge in [-0.3, -0.25) is 4.79 Å². The van der Waals surface area contributed by atoms with Gasteiger partial charge < -0.3 is 14.2 Å². The molecule has 2 aromatic carbocycles. The number of likely N-dealkylation sites (tertiary alicyclic amines) is 1. The van der Waals surface area contributed by atoms with Crippen molar-refractivity contribution in [3.05, 3.63) is 70.9 Å². The number of carbonyl (C=O) groups is 1. The topological polar surface area (TPSA) is 55.6 Å². The summed E-state index contributed by atoms with van der Waals surface area (Å²) in [5.74, 6) is 1.58. The van der Waals surface area contributed by atoms with Crippen molar-refractivity contribution in [2.75, 3.05) is 19.7 Å². The molecule has 0 saturated carbocycles. The van der Waals surface area contributed by atoms with E-state index >= 15 is 0 Å². The predicted molar refractivity (Wildman–Crippen MR) is 112 cm³/mol. The number of carbonyl (C=O) groups excluding carboxylic acids is 1. The number of aryl methyl sites for hydroxylation is 1. The van der Waals surface area contributed by atoms with E-state index in [2.05, 4.69) is 5.16 Å². The van der Waals surface area contributed by atoms with Gasteiger partial charge in [-0.05, 0) is 38.0 Å². The monoisotopic (exact) mass is 410 g/mol. The van der Waals surface area contributed by atoms with Gasteiger partial charge in [0.25, 0.3) is 5.91 Å². The van der Waals surface area contributed by atoms with E-state index in [-0.39, 0.29) is 11.8 Å². The summed E-state index contributed by atoms with van der Waals surface area (Å²) in [5, 5.41) is 4.67. The van der Waals surface area contributed by atoms with E-state index in [1.54, 1.807) is 13.0 Å². The Morgan fingerprint density at radius 3 is 2.76 bits per heavy atom. The van der Waals surface area contributed by atoms with Crippen LogP contribution in [0, 0.1) is 12.8 Å². The molecule has 1 unspecified atom stereocenters. The fourth-order valence-electron chi connectivity index (χ4n) is 3.74.